The van der Waals surface area contributed by atoms with Gasteiger partial charge in [-0.15, -0.1) is 0 Å². The molecule has 0 radical (unpaired) electrons. The Kier molecular flexibility index (Phi) is 5.45. The van der Waals surface area contributed by atoms with E-state index in [1.165, 1.54) is 5.56 Å². The maximum atomic E-state index is 10.4. The molecule has 1 aromatic rings. The fraction of sp³-hybridized carbons (Fsp3) is 0.684. The number of benzene rings is 1. The zero-order chi connectivity index (χ0) is 17.0. The van der Waals surface area contributed by atoms with Crippen molar-refractivity contribution in [3.63, 3.8) is 0 Å². The van der Waals surface area contributed by atoms with Gasteiger partial charge in [0.15, 0.2) is 0 Å². The summed E-state index contributed by atoms with van der Waals surface area (Å²) in [6, 6.07) is 8.08. The number of aliphatic hydroxyl groups excluding tert-OH is 1. The van der Waals surface area contributed by atoms with Crippen molar-refractivity contribution in [1.29, 1.82) is 0 Å². The van der Waals surface area contributed by atoms with Crippen LogP contribution in [0.5, 0.6) is 5.75 Å². The Morgan fingerprint density at radius 3 is 2.50 bits per heavy atom. The first-order chi connectivity index (χ1) is 11.5. The van der Waals surface area contributed by atoms with E-state index >= 15 is 0 Å². The summed E-state index contributed by atoms with van der Waals surface area (Å²) in [5.74, 6) is 0.795. The Bertz CT molecular complexity index is 521. The maximum Gasteiger partial charge on any atom is 0.119 e. The minimum absolute atomic E-state index is 0.0340. The van der Waals surface area contributed by atoms with Gasteiger partial charge in [-0.2, -0.15) is 0 Å². The first kappa shape index (κ1) is 17.7. The van der Waals surface area contributed by atoms with Crippen LogP contribution in [-0.4, -0.2) is 59.2 Å². The van der Waals surface area contributed by atoms with Gasteiger partial charge in [0.2, 0.25) is 0 Å². The van der Waals surface area contributed by atoms with E-state index in [1.807, 2.05) is 19.1 Å². The quantitative estimate of drug-likeness (QED) is 0.861. The maximum absolute atomic E-state index is 10.4. The second kappa shape index (κ2) is 7.40. The number of aliphatic hydroxyl groups is 2. The summed E-state index contributed by atoms with van der Waals surface area (Å²) in [6.45, 7) is 5.89. The lowest BCUT2D eigenvalue weighted by molar-refractivity contribution is -0.173. The van der Waals surface area contributed by atoms with E-state index in [2.05, 4.69) is 17.0 Å². The van der Waals surface area contributed by atoms with Gasteiger partial charge in [-0.25, -0.2) is 0 Å². The van der Waals surface area contributed by atoms with Crippen LogP contribution in [0.3, 0.4) is 0 Å². The summed E-state index contributed by atoms with van der Waals surface area (Å²) in [6.07, 6.45) is 3.47. The molecule has 1 unspecified atom stereocenters. The average Bonchev–Trinajstić information content (AvgIpc) is 2.56. The van der Waals surface area contributed by atoms with Crippen molar-refractivity contribution in [2.75, 3.05) is 32.9 Å². The van der Waals surface area contributed by atoms with Gasteiger partial charge < -0.3 is 19.7 Å². The van der Waals surface area contributed by atoms with Gasteiger partial charge in [0.25, 0.3) is 0 Å². The molecule has 0 aromatic heterocycles. The molecule has 2 heterocycles. The highest BCUT2D eigenvalue weighted by Gasteiger charge is 2.44. The van der Waals surface area contributed by atoms with Crippen molar-refractivity contribution in [1.82, 2.24) is 4.90 Å². The number of hydrogen-bond acceptors (Lipinski definition) is 5. The molecule has 2 N–H and O–H groups in total. The van der Waals surface area contributed by atoms with Crippen LogP contribution in [-0.2, 0) is 11.3 Å². The second-order valence-electron chi connectivity index (χ2n) is 7.45. The first-order valence-corrected chi connectivity index (χ1v) is 8.92. The van der Waals surface area contributed by atoms with Crippen LogP contribution in [0.1, 0.15) is 38.2 Å². The molecule has 0 bridgehead atoms. The van der Waals surface area contributed by atoms with Gasteiger partial charge in [-0.05, 0) is 43.9 Å². The molecule has 2 aliphatic heterocycles. The van der Waals surface area contributed by atoms with Crippen molar-refractivity contribution < 1.29 is 19.7 Å². The van der Waals surface area contributed by atoms with Crippen molar-refractivity contribution in [2.45, 2.75) is 50.4 Å². The van der Waals surface area contributed by atoms with E-state index in [0.717, 1.165) is 51.1 Å². The summed E-state index contributed by atoms with van der Waals surface area (Å²) in [5.41, 5.74) is 0.560. The van der Waals surface area contributed by atoms with Crippen LogP contribution in [0.2, 0.25) is 0 Å². The van der Waals surface area contributed by atoms with E-state index in [1.54, 1.807) is 0 Å². The SMILES string of the molecule is CC1(O)CCOC2(CCN(Cc3ccc(OCCO)cc3)CC2)C1. The van der Waals surface area contributed by atoms with Gasteiger partial charge >= 0.3 is 0 Å². The summed E-state index contributed by atoms with van der Waals surface area (Å²) in [7, 11) is 0. The summed E-state index contributed by atoms with van der Waals surface area (Å²) >= 11 is 0. The van der Waals surface area contributed by atoms with E-state index < -0.39 is 5.60 Å². The molecular formula is C19H29NO4. The minimum atomic E-state index is -0.579. The van der Waals surface area contributed by atoms with Crippen molar-refractivity contribution >= 4 is 0 Å². The van der Waals surface area contributed by atoms with Crippen molar-refractivity contribution in [3.8, 4) is 5.75 Å². The Morgan fingerprint density at radius 1 is 1.17 bits per heavy atom. The standard InChI is InChI=1S/C19H29NO4/c1-18(22)8-12-24-19(15-18)6-9-20(10-7-19)14-16-2-4-17(5-3-16)23-13-11-21/h2-5,21-22H,6-15H2,1H3. The largest absolute Gasteiger partial charge is 0.491 e. The van der Waals surface area contributed by atoms with Crippen LogP contribution < -0.4 is 4.74 Å². The molecule has 1 atom stereocenters. The van der Waals surface area contributed by atoms with Gasteiger partial charge in [-0.3, -0.25) is 4.90 Å². The average molecular weight is 335 g/mol. The summed E-state index contributed by atoms with van der Waals surface area (Å²) in [4.78, 5) is 2.45. The smallest absolute Gasteiger partial charge is 0.119 e. The molecule has 1 aromatic carbocycles. The van der Waals surface area contributed by atoms with E-state index in [-0.39, 0.29) is 12.2 Å². The second-order valence-corrected chi connectivity index (χ2v) is 7.45. The Morgan fingerprint density at radius 2 is 1.88 bits per heavy atom. The van der Waals surface area contributed by atoms with Crippen LogP contribution in [0.25, 0.3) is 0 Å². The monoisotopic (exact) mass is 335 g/mol. The predicted molar refractivity (Wildman–Crippen MR) is 92.1 cm³/mol. The Labute approximate surface area is 144 Å². The molecule has 3 rings (SSSR count). The normalized spacial score (nSPS) is 27.3. The van der Waals surface area contributed by atoms with Crippen LogP contribution in [0.15, 0.2) is 24.3 Å². The van der Waals surface area contributed by atoms with E-state index in [0.29, 0.717) is 13.2 Å². The Hall–Kier alpha value is -1.14. The summed E-state index contributed by atoms with van der Waals surface area (Å²) < 4.78 is 11.5. The molecule has 5 heteroatoms. The third-order valence-corrected chi connectivity index (χ3v) is 5.21. The number of rotatable bonds is 5. The molecule has 0 aliphatic carbocycles. The zero-order valence-electron chi connectivity index (χ0n) is 14.5. The number of hydrogen-bond donors (Lipinski definition) is 2. The number of ether oxygens (including phenoxy) is 2. The molecule has 24 heavy (non-hydrogen) atoms. The third-order valence-electron chi connectivity index (χ3n) is 5.21. The third kappa shape index (κ3) is 4.48. The molecule has 2 fully saturated rings. The highest BCUT2D eigenvalue weighted by molar-refractivity contribution is 5.27. The minimum Gasteiger partial charge on any atom is -0.491 e. The fourth-order valence-electron chi connectivity index (χ4n) is 3.87. The van der Waals surface area contributed by atoms with Gasteiger partial charge in [0, 0.05) is 26.1 Å². The molecule has 5 nitrogen and oxygen atoms in total. The molecule has 1 spiro atoms. The number of piperidine rings is 1. The van der Waals surface area contributed by atoms with Crippen molar-refractivity contribution in [2.24, 2.45) is 0 Å². The van der Waals surface area contributed by atoms with E-state index in [9.17, 15) is 5.11 Å². The Balaban J connectivity index is 1.50. The molecular weight excluding hydrogens is 306 g/mol. The zero-order valence-corrected chi connectivity index (χ0v) is 14.5. The highest BCUT2D eigenvalue weighted by Crippen LogP contribution is 2.39. The predicted octanol–water partition coefficient (Wildman–Crippen LogP) is 1.95. The van der Waals surface area contributed by atoms with Gasteiger partial charge in [0.05, 0.1) is 24.4 Å². The topological polar surface area (TPSA) is 62.2 Å². The lowest BCUT2D eigenvalue weighted by Crippen LogP contribution is -2.53. The van der Waals surface area contributed by atoms with Crippen LogP contribution in [0.4, 0.5) is 0 Å². The lowest BCUT2D eigenvalue weighted by atomic mass is 9.78. The van der Waals surface area contributed by atoms with Crippen LogP contribution in [0, 0.1) is 0 Å². The molecule has 2 saturated heterocycles. The fourth-order valence-corrected chi connectivity index (χ4v) is 3.87. The molecule has 134 valence electrons. The molecule has 0 saturated carbocycles. The molecule has 0 amide bonds. The van der Waals surface area contributed by atoms with Crippen LogP contribution >= 0.6 is 0 Å². The molecule has 2 aliphatic rings. The van der Waals surface area contributed by atoms with Crippen molar-refractivity contribution in [3.05, 3.63) is 29.8 Å². The summed E-state index contributed by atoms with van der Waals surface area (Å²) in [5, 5.41) is 19.1. The van der Waals surface area contributed by atoms with Gasteiger partial charge in [-0.1, -0.05) is 12.1 Å². The highest BCUT2D eigenvalue weighted by atomic mass is 16.5. The lowest BCUT2D eigenvalue weighted by Gasteiger charge is -2.48. The first-order valence-electron chi connectivity index (χ1n) is 8.92. The number of nitrogens with zero attached hydrogens (tertiary/aromatic N) is 1. The number of likely N-dealkylation sites (tertiary alicyclic amines) is 1. The van der Waals surface area contributed by atoms with Gasteiger partial charge in [0.1, 0.15) is 12.4 Å². The van der Waals surface area contributed by atoms with E-state index in [4.69, 9.17) is 14.6 Å².